The number of aromatic nitrogens is 3. The van der Waals surface area contributed by atoms with Crippen LogP contribution in [0.15, 0.2) is 52.5 Å². The molecule has 3 aromatic rings. The second kappa shape index (κ2) is 9.66. The molecule has 4 rings (SSSR count). The van der Waals surface area contributed by atoms with E-state index in [4.69, 9.17) is 11.6 Å². The number of halogens is 1. The van der Waals surface area contributed by atoms with Crippen LogP contribution in [0.3, 0.4) is 0 Å². The van der Waals surface area contributed by atoms with Crippen molar-refractivity contribution >= 4 is 35.0 Å². The molecule has 31 heavy (non-hydrogen) atoms. The molecule has 1 aliphatic rings. The van der Waals surface area contributed by atoms with E-state index in [-0.39, 0.29) is 17.3 Å². The zero-order valence-electron chi connectivity index (χ0n) is 17.2. The summed E-state index contributed by atoms with van der Waals surface area (Å²) in [4.78, 5) is 33.8. The van der Waals surface area contributed by atoms with Crippen LogP contribution in [0.5, 0.6) is 0 Å². The lowest BCUT2D eigenvalue weighted by molar-refractivity contribution is -0.113. The lowest BCUT2D eigenvalue weighted by atomic mass is 9.97. The summed E-state index contributed by atoms with van der Waals surface area (Å²) in [7, 11) is 0. The number of nitrogens with one attached hydrogen (secondary N) is 1. The Hall–Kier alpha value is -2.64. The first-order valence-corrected chi connectivity index (χ1v) is 11.6. The standard InChI is InChI=1S/C23H23ClN4O2S/c1-15-18(24)8-4-9-19(15)26-21(29)14-31-22-17-7-2-3-10-20(17)28(23(30)27-22)13-16-6-5-11-25-12-16/h4-6,8-9,11-12H,2-3,7,10,13-14H2,1H3,(H,26,29). The third-order valence-corrected chi connectivity index (χ3v) is 6.82. The van der Waals surface area contributed by atoms with E-state index in [1.54, 1.807) is 29.1 Å². The van der Waals surface area contributed by atoms with Gasteiger partial charge in [-0.2, -0.15) is 4.98 Å². The van der Waals surface area contributed by atoms with E-state index in [1.807, 2.05) is 25.1 Å². The van der Waals surface area contributed by atoms with Gasteiger partial charge in [0.1, 0.15) is 5.03 Å². The molecule has 0 aliphatic heterocycles. The van der Waals surface area contributed by atoms with Crippen molar-refractivity contribution in [2.75, 3.05) is 11.1 Å². The molecule has 0 saturated heterocycles. The van der Waals surface area contributed by atoms with Crippen molar-refractivity contribution in [3.8, 4) is 0 Å². The number of thioether (sulfide) groups is 1. The van der Waals surface area contributed by atoms with Crippen LogP contribution in [0.4, 0.5) is 5.69 Å². The van der Waals surface area contributed by atoms with Crippen molar-refractivity contribution in [2.45, 2.75) is 44.2 Å². The second-order valence-corrected chi connectivity index (χ2v) is 8.90. The zero-order valence-corrected chi connectivity index (χ0v) is 18.8. The Balaban J connectivity index is 1.53. The van der Waals surface area contributed by atoms with Crippen LogP contribution in [-0.4, -0.2) is 26.2 Å². The lowest BCUT2D eigenvalue weighted by Crippen LogP contribution is -2.30. The van der Waals surface area contributed by atoms with Gasteiger partial charge in [0.25, 0.3) is 0 Å². The Morgan fingerprint density at radius 1 is 1.23 bits per heavy atom. The maximum atomic E-state index is 12.8. The molecule has 1 N–H and O–H groups in total. The molecular weight excluding hydrogens is 432 g/mol. The van der Waals surface area contributed by atoms with E-state index >= 15 is 0 Å². The van der Waals surface area contributed by atoms with Gasteiger partial charge in [0.15, 0.2) is 0 Å². The molecule has 8 heteroatoms. The Labute approximate surface area is 190 Å². The van der Waals surface area contributed by atoms with E-state index in [2.05, 4.69) is 15.3 Å². The molecule has 0 radical (unpaired) electrons. The fourth-order valence-corrected chi connectivity index (χ4v) is 4.82. The summed E-state index contributed by atoms with van der Waals surface area (Å²) in [5.74, 6) is 0.0264. The Morgan fingerprint density at radius 2 is 2.06 bits per heavy atom. The summed E-state index contributed by atoms with van der Waals surface area (Å²) in [6.07, 6.45) is 7.30. The Kier molecular flexibility index (Phi) is 6.73. The minimum Gasteiger partial charge on any atom is -0.325 e. The summed E-state index contributed by atoms with van der Waals surface area (Å²) >= 11 is 7.45. The molecule has 0 bridgehead atoms. The van der Waals surface area contributed by atoms with E-state index in [9.17, 15) is 9.59 Å². The lowest BCUT2D eigenvalue weighted by Gasteiger charge is -2.22. The van der Waals surface area contributed by atoms with Gasteiger partial charge in [0.05, 0.1) is 12.3 Å². The number of pyridine rings is 1. The molecule has 6 nitrogen and oxygen atoms in total. The predicted octanol–water partition coefficient (Wildman–Crippen LogP) is 4.26. The highest BCUT2D eigenvalue weighted by atomic mass is 35.5. The summed E-state index contributed by atoms with van der Waals surface area (Å²) in [6, 6.07) is 9.24. The third-order valence-electron chi connectivity index (χ3n) is 5.40. The molecule has 1 aliphatic carbocycles. The number of amides is 1. The number of rotatable bonds is 6. The molecule has 0 fully saturated rings. The molecule has 0 unspecified atom stereocenters. The molecule has 1 amide bonds. The Morgan fingerprint density at radius 3 is 2.87 bits per heavy atom. The van der Waals surface area contributed by atoms with Crippen molar-refractivity contribution < 1.29 is 4.79 Å². The van der Waals surface area contributed by atoms with Gasteiger partial charge < -0.3 is 5.32 Å². The van der Waals surface area contributed by atoms with Crippen molar-refractivity contribution in [1.82, 2.24) is 14.5 Å². The summed E-state index contributed by atoms with van der Waals surface area (Å²) in [5, 5.41) is 4.17. The molecular formula is C23H23ClN4O2S. The van der Waals surface area contributed by atoms with Crippen molar-refractivity contribution in [3.05, 3.63) is 80.6 Å². The normalized spacial score (nSPS) is 13.0. The zero-order chi connectivity index (χ0) is 21.8. The molecule has 1 aromatic carbocycles. The fraction of sp³-hybridized carbons (Fsp3) is 0.304. The average Bonchev–Trinajstić information content (AvgIpc) is 2.78. The van der Waals surface area contributed by atoms with Gasteiger partial charge >= 0.3 is 5.69 Å². The monoisotopic (exact) mass is 454 g/mol. The van der Waals surface area contributed by atoms with Crippen LogP contribution in [0.25, 0.3) is 0 Å². The van der Waals surface area contributed by atoms with E-state index in [0.717, 1.165) is 48.1 Å². The minimum absolute atomic E-state index is 0.152. The highest BCUT2D eigenvalue weighted by molar-refractivity contribution is 8.00. The van der Waals surface area contributed by atoms with Crippen molar-refractivity contribution in [3.63, 3.8) is 0 Å². The number of hydrogen-bond acceptors (Lipinski definition) is 5. The van der Waals surface area contributed by atoms with Crippen molar-refractivity contribution in [1.29, 1.82) is 0 Å². The number of nitrogens with zero attached hydrogens (tertiary/aromatic N) is 3. The number of carbonyl (C=O) groups excluding carboxylic acids is 1. The Bertz CT molecular complexity index is 1160. The van der Waals surface area contributed by atoms with Crippen LogP contribution in [0.2, 0.25) is 5.02 Å². The second-order valence-electron chi connectivity index (χ2n) is 7.53. The number of hydrogen-bond donors (Lipinski definition) is 1. The molecule has 0 saturated carbocycles. The number of benzene rings is 1. The smallest absolute Gasteiger partial charge is 0.325 e. The molecule has 2 aromatic heterocycles. The first-order chi connectivity index (χ1) is 15.0. The van der Waals surface area contributed by atoms with Crippen LogP contribution in [0.1, 0.15) is 35.2 Å². The topological polar surface area (TPSA) is 76.9 Å². The maximum Gasteiger partial charge on any atom is 0.349 e. The van der Waals surface area contributed by atoms with Gasteiger partial charge in [0.2, 0.25) is 5.91 Å². The van der Waals surface area contributed by atoms with E-state index < -0.39 is 0 Å². The third kappa shape index (κ3) is 4.99. The largest absolute Gasteiger partial charge is 0.349 e. The van der Waals surface area contributed by atoms with Crippen LogP contribution in [0, 0.1) is 6.92 Å². The predicted molar refractivity (Wildman–Crippen MR) is 124 cm³/mol. The number of carbonyl (C=O) groups is 1. The minimum atomic E-state index is -0.280. The average molecular weight is 455 g/mol. The first-order valence-electron chi connectivity index (χ1n) is 10.2. The number of anilines is 1. The van der Waals surface area contributed by atoms with Crippen molar-refractivity contribution in [2.24, 2.45) is 0 Å². The van der Waals surface area contributed by atoms with Gasteiger partial charge in [-0.15, -0.1) is 0 Å². The van der Waals surface area contributed by atoms with Gasteiger partial charge in [-0.1, -0.05) is 35.5 Å². The number of fused-ring (bicyclic) bond motifs is 1. The van der Waals surface area contributed by atoms with Gasteiger partial charge in [-0.05, 0) is 61.9 Å². The summed E-state index contributed by atoms with van der Waals surface area (Å²) in [5.41, 5.74) is 4.33. The maximum absolute atomic E-state index is 12.8. The SMILES string of the molecule is Cc1c(Cl)cccc1NC(=O)CSc1nc(=O)n(Cc2cccnc2)c2c1CCCC2. The van der Waals surface area contributed by atoms with Crippen LogP contribution < -0.4 is 11.0 Å². The quantitative estimate of drug-likeness (QED) is 0.445. The summed E-state index contributed by atoms with van der Waals surface area (Å²) < 4.78 is 1.75. The van der Waals surface area contributed by atoms with Gasteiger partial charge in [-0.25, -0.2) is 4.79 Å². The van der Waals surface area contributed by atoms with Crippen LogP contribution >= 0.6 is 23.4 Å². The van der Waals surface area contributed by atoms with Gasteiger partial charge in [-0.3, -0.25) is 14.3 Å². The molecule has 0 atom stereocenters. The molecule has 0 spiro atoms. The highest BCUT2D eigenvalue weighted by Gasteiger charge is 2.21. The summed E-state index contributed by atoms with van der Waals surface area (Å²) in [6.45, 7) is 2.33. The van der Waals surface area contributed by atoms with Crippen LogP contribution in [-0.2, 0) is 24.2 Å². The first kappa shape index (κ1) is 21.6. The molecule has 160 valence electrons. The van der Waals surface area contributed by atoms with Gasteiger partial charge in [0, 0.05) is 34.4 Å². The highest BCUT2D eigenvalue weighted by Crippen LogP contribution is 2.29. The fourth-order valence-electron chi connectivity index (χ4n) is 3.77. The van der Waals surface area contributed by atoms with E-state index in [1.165, 1.54) is 11.8 Å². The van der Waals surface area contributed by atoms with E-state index in [0.29, 0.717) is 22.3 Å². The molecule has 2 heterocycles.